The van der Waals surface area contributed by atoms with E-state index in [1.165, 1.54) is 18.4 Å². The van der Waals surface area contributed by atoms with Gasteiger partial charge < -0.3 is 10.1 Å². The van der Waals surface area contributed by atoms with Crippen molar-refractivity contribution in [1.29, 1.82) is 0 Å². The Balaban J connectivity index is 1.58. The Labute approximate surface area is 90.6 Å². The van der Waals surface area contributed by atoms with Crippen molar-refractivity contribution >= 4 is 0 Å². The highest BCUT2D eigenvalue weighted by Crippen LogP contribution is 2.10. The van der Waals surface area contributed by atoms with Gasteiger partial charge in [0, 0.05) is 25.9 Å². The van der Waals surface area contributed by atoms with Crippen LogP contribution in [0.1, 0.15) is 18.4 Å². The minimum Gasteiger partial charge on any atom is -0.377 e. The van der Waals surface area contributed by atoms with E-state index < -0.39 is 0 Å². The standard InChI is InChI=1S/C11H19N3O/c1-10-7-13-14(9-10)5-4-12-8-11-3-2-6-15-11/h7,9,11-12H,2-6,8H2,1H3. The van der Waals surface area contributed by atoms with Gasteiger partial charge in [0.25, 0.3) is 0 Å². The first-order chi connectivity index (χ1) is 7.34. The average Bonchev–Trinajstić information content (AvgIpc) is 2.84. The van der Waals surface area contributed by atoms with Crippen LogP contribution in [0.4, 0.5) is 0 Å². The smallest absolute Gasteiger partial charge is 0.0700 e. The third-order valence-electron chi connectivity index (χ3n) is 2.68. The van der Waals surface area contributed by atoms with Gasteiger partial charge in [-0.05, 0) is 25.3 Å². The maximum atomic E-state index is 5.52. The molecule has 0 radical (unpaired) electrons. The summed E-state index contributed by atoms with van der Waals surface area (Å²) < 4.78 is 7.49. The lowest BCUT2D eigenvalue weighted by molar-refractivity contribution is 0.110. The average molecular weight is 209 g/mol. The normalized spacial score (nSPS) is 21.0. The van der Waals surface area contributed by atoms with E-state index in [0.717, 1.165) is 26.2 Å². The van der Waals surface area contributed by atoms with Gasteiger partial charge in [0.15, 0.2) is 0 Å². The fourth-order valence-corrected chi connectivity index (χ4v) is 1.85. The van der Waals surface area contributed by atoms with Crippen LogP contribution in [0.25, 0.3) is 0 Å². The molecule has 0 aromatic carbocycles. The van der Waals surface area contributed by atoms with Gasteiger partial charge in [0.1, 0.15) is 0 Å². The fraction of sp³-hybridized carbons (Fsp3) is 0.727. The molecule has 1 aliphatic rings. The number of nitrogens with one attached hydrogen (secondary N) is 1. The molecule has 1 aliphatic heterocycles. The zero-order chi connectivity index (χ0) is 10.5. The largest absolute Gasteiger partial charge is 0.377 e. The predicted octanol–water partition coefficient (Wildman–Crippen LogP) is 0.960. The molecular formula is C11H19N3O. The van der Waals surface area contributed by atoms with Gasteiger partial charge >= 0.3 is 0 Å². The molecule has 15 heavy (non-hydrogen) atoms. The van der Waals surface area contributed by atoms with Crippen LogP contribution in [-0.2, 0) is 11.3 Å². The van der Waals surface area contributed by atoms with Crippen LogP contribution in [0.15, 0.2) is 12.4 Å². The van der Waals surface area contributed by atoms with Crippen LogP contribution in [-0.4, -0.2) is 35.6 Å². The maximum absolute atomic E-state index is 5.52. The first-order valence-electron chi connectivity index (χ1n) is 5.66. The minimum atomic E-state index is 0.435. The van der Waals surface area contributed by atoms with Gasteiger partial charge in [-0.2, -0.15) is 5.10 Å². The van der Waals surface area contributed by atoms with Gasteiger partial charge in [0.2, 0.25) is 0 Å². The summed E-state index contributed by atoms with van der Waals surface area (Å²) in [6.45, 7) is 5.86. The Morgan fingerprint density at radius 3 is 3.27 bits per heavy atom. The van der Waals surface area contributed by atoms with E-state index in [2.05, 4.69) is 23.5 Å². The number of ether oxygens (including phenoxy) is 1. The first-order valence-corrected chi connectivity index (χ1v) is 5.66. The summed E-state index contributed by atoms with van der Waals surface area (Å²) in [6.07, 6.45) is 6.80. The highest BCUT2D eigenvalue weighted by molar-refractivity contribution is 4.99. The fourth-order valence-electron chi connectivity index (χ4n) is 1.85. The first kappa shape index (κ1) is 10.6. The number of hydrogen-bond donors (Lipinski definition) is 1. The Bertz CT molecular complexity index is 292. The van der Waals surface area contributed by atoms with Crippen LogP contribution < -0.4 is 5.32 Å². The number of hydrogen-bond acceptors (Lipinski definition) is 3. The van der Waals surface area contributed by atoms with Crippen molar-refractivity contribution in [3.05, 3.63) is 18.0 Å². The summed E-state index contributed by atoms with van der Waals surface area (Å²) in [7, 11) is 0. The molecule has 4 nitrogen and oxygen atoms in total. The van der Waals surface area contributed by atoms with Gasteiger partial charge in [-0.3, -0.25) is 4.68 Å². The second kappa shape index (κ2) is 5.28. The van der Waals surface area contributed by atoms with Crippen LogP contribution in [0.5, 0.6) is 0 Å². The topological polar surface area (TPSA) is 39.1 Å². The van der Waals surface area contributed by atoms with E-state index in [0.29, 0.717) is 6.10 Å². The molecule has 1 aromatic heterocycles. The number of rotatable bonds is 5. The van der Waals surface area contributed by atoms with Gasteiger partial charge in [-0.1, -0.05) is 0 Å². The molecule has 84 valence electrons. The number of nitrogens with zero attached hydrogens (tertiary/aromatic N) is 2. The van der Waals surface area contributed by atoms with Crippen molar-refractivity contribution in [1.82, 2.24) is 15.1 Å². The van der Waals surface area contributed by atoms with E-state index in [9.17, 15) is 0 Å². The lowest BCUT2D eigenvalue weighted by Crippen LogP contribution is -2.29. The number of aromatic nitrogens is 2. The van der Waals surface area contributed by atoms with Crippen LogP contribution in [0, 0.1) is 6.92 Å². The molecule has 0 amide bonds. The molecule has 1 atom stereocenters. The monoisotopic (exact) mass is 209 g/mol. The summed E-state index contributed by atoms with van der Waals surface area (Å²) in [6, 6.07) is 0. The summed E-state index contributed by atoms with van der Waals surface area (Å²) in [5, 5.41) is 7.63. The maximum Gasteiger partial charge on any atom is 0.0700 e. The predicted molar refractivity (Wildman–Crippen MR) is 58.8 cm³/mol. The molecule has 1 fully saturated rings. The molecule has 0 bridgehead atoms. The van der Waals surface area contributed by atoms with Crippen LogP contribution in [0.3, 0.4) is 0 Å². The lowest BCUT2D eigenvalue weighted by atomic mass is 10.2. The zero-order valence-corrected chi connectivity index (χ0v) is 9.28. The molecule has 1 N–H and O–H groups in total. The second-order valence-corrected chi connectivity index (χ2v) is 4.12. The Morgan fingerprint density at radius 2 is 2.60 bits per heavy atom. The molecule has 1 saturated heterocycles. The second-order valence-electron chi connectivity index (χ2n) is 4.12. The highest BCUT2D eigenvalue weighted by Gasteiger charge is 2.14. The minimum absolute atomic E-state index is 0.435. The highest BCUT2D eigenvalue weighted by atomic mass is 16.5. The number of aryl methyl sites for hydroxylation is 1. The molecule has 1 unspecified atom stereocenters. The van der Waals surface area contributed by atoms with E-state index in [-0.39, 0.29) is 0 Å². The van der Waals surface area contributed by atoms with Crippen molar-refractivity contribution in [2.45, 2.75) is 32.4 Å². The third kappa shape index (κ3) is 3.32. The van der Waals surface area contributed by atoms with Gasteiger partial charge in [0.05, 0.1) is 18.8 Å². The van der Waals surface area contributed by atoms with Crippen LogP contribution >= 0.6 is 0 Å². The van der Waals surface area contributed by atoms with E-state index in [4.69, 9.17) is 4.74 Å². The molecule has 0 spiro atoms. The van der Waals surface area contributed by atoms with Crippen molar-refractivity contribution < 1.29 is 4.74 Å². The molecule has 1 aromatic rings. The molecule has 2 heterocycles. The summed E-state index contributed by atoms with van der Waals surface area (Å²) in [4.78, 5) is 0. The third-order valence-corrected chi connectivity index (χ3v) is 2.68. The summed E-state index contributed by atoms with van der Waals surface area (Å²) >= 11 is 0. The van der Waals surface area contributed by atoms with E-state index in [1.54, 1.807) is 0 Å². The van der Waals surface area contributed by atoms with Gasteiger partial charge in [-0.15, -0.1) is 0 Å². The molecule has 2 rings (SSSR count). The Morgan fingerprint density at radius 1 is 1.67 bits per heavy atom. The Hall–Kier alpha value is -0.870. The van der Waals surface area contributed by atoms with Crippen molar-refractivity contribution in [3.63, 3.8) is 0 Å². The molecular weight excluding hydrogens is 190 g/mol. The molecule has 4 heteroatoms. The molecule has 0 aliphatic carbocycles. The SMILES string of the molecule is Cc1cnn(CCNCC2CCCO2)c1. The van der Waals surface area contributed by atoms with Gasteiger partial charge in [-0.25, -0.2) is 0 Å². The summed E-state index contributed by atoms with van der Waals surface area (Å²) in [5.74, 6) is 0. The van der Waals surface area contributed by atoms with Crippen LogP contribution in [0.2, 0.25) is 0 Å². The quantitative estimate of drug-likeness (QED) is 0.734. The van der Waals surface area contributed by atoms with Crippen molar-refractivity contribution in [2.24, 2.45) is 0 Å². The van der Waals surface area contributed by atoms with E-state index >= 15 is 0 Å². The summed E-state index contributed by atoms with van der Waals surface area (Å²) in [5.41, 5.74) is 1.22. The Kier molecular flexibility index (Phi) is 3.75. The van der Waals surface area contributed by atoms with Crippen molar-refractivity contribution in [3.8, 4) is 0 Å². The molecule has 0 saturated carbocycles. The lowest BCUT2D eigenvalue weighted by Gasteiger charge is -2.10. The zero-order valence-electron chi connectivity index (χ0n) is 9.28. The van der Waals surface area contributed by atoms with Crippen molar-refractivity contribution in [2.75, 3.05) is 19.7 Å². The van der Waals surface area contributed by atoms with E-state index in [1.807, 2.05) is 10.9 Å².